The van der Waals surface area contributed by atoms with Gasteiger partial charge in [0.1, 0.15) is 0 Å². The second-order valence-electron chi connectivity index (χ2n) is 5.39. The molecular formula is C15H21N3O2. The van der Waals surface area contributed by atoms with Crippen LogP contribution in [0, 0.1) is 5.92 Å². The number of likely N-dealkylation sites (tertiary alicyclic amines) is 1. The molecule has 1 saturated heterocycles. The lowest BCUT2D eigenvalue weighted by Gasteiger charge is -2.30. The van der Waals surface area contributed by atoms with Gasteiger partial charge >= 0.3 is 6.03 Å². The molecule has 0 spiro atoms. The number of benzene rings is 1. The Balaban J connectivity index is 1.98. The van der Waals surface area contributed by atoms with Crippen molar-refractivity contribution in [3.8, 4) is 0 Å². The summed E-state index contributed by atoms with van der Waals surface area (Å²) in [4.78, 5) is 25.0. The van der Waals surface area contributed by atoms with Gasteiger partial charge in [-0.15, -0.1) is 0 Å². The number of carbonyl (C=O) groups is 2. The molecule has 3 amide bonds. The van der Waals surface area contributed by atoms with Crippen LogP contribution in [0.4, 0.5) is 16.2 Å². The van der Waals surface area contributed by atoms with Gasteiger partial charge in [-0.25, -0.2) is 4.79 Å². The molecule has 0 radical (unpaired) electrons. The molecule has 5 heteroatoms. The molecule has 0 unspecified atom stereocenters. The van der Waals surface area contributed by atoms with E-state index in [1.165, 1.54) is 13.3 Å². The Morgan fingerprint density at radius 2 is 1.95 bits per heavy atom. The fourth-order valence-electron chi connectivity index (χ4n) is 2.45. The number of hydrogen-bond donors (Lipinski definition) is 2. The van der Waals surface area contributed by atoms with E-state index in [0.29, 0.717) is 17.3 Å². The number of carbonyl (C=O) groups excluding carboxylic acids is 2. The normalized spacial score (nSPS) is 18.5. The molecule has 1 atom stereocenters. The summed E-state index contributed by atoms with van der Waals surface area (Å²) in [5.41, 5.74) is 1.38. The van der Waals surface area contributed by atoms with Gasteiger partial charge in [-0.1, -0.05) is 13.0 Å². The fourth-order valence-corrected chi connectivity index (χ4v) is 2.45. The van der Waals surface area contributed by atoms with E-state index < -0.39 is 0 Å². The Hall–Kier alpha value is -2.04. The molecule has 0 saturated carbocycles. The second-order valence-corrected chi connectivity index (χ2v) is 5.39. The van der Waals surface area contributed by atoms with Gasteiger partial charge in [0, 0.05) is 31.4 Å². The third-order valence-corrected chi connectivity index (χ3v) is 3.38. The number of nitrogens with zero attached hydrogens (tertiary/aromatic N) is 1. The van der Waals surface area contributed by atoms with E-state index in [-0.39, 0.29) is 11.9 Å². The first kappa shape index (κ1) is 14.4. The quantitative estimate of drug-likeness (QED) is 0.871. The van der Waals surface area contributed by atoms with Crippen LogP contribution in [0.2, 0.25) is 0 Å². The highest BCUT2D eigenvalue weighted by atomic mass is 16.2. The zero-order valence-electron chi connectivity index (χ0n) is 12.0. The zero-order chi connectivity index (χ0) is 14.5. The van der Waals surface area contributed by atoms with Crippen molar-refractivity contribution in [3.05, 3.63) is 24.3 Å². The second kappa shape index (κ2) is 6.41. The van der Waals surface area contributed by atoms with Crippen molar-refractivity contribution >= 4 is 23.3 Å². The summed E-state index contributed by atoms with van der Waals surface area (Å²) >= 11 is 0. The number of hydrogen-bond acceptors (Lipinski definition) is 2. The first-order valence-corrected chi connectivity index (χ1v) is 6.98. The summed E-state index contributed by atoms with van der Waals surface area (Å²) in [6.45, 7) is 5.23. The minimum Gasteiger partial charge on any atom is -0.326 e. The molecule has 20 heavy (non-hydrogen) atoms. The van der Waals surface area contributed by atoms with Gasteiger partial charge in [-0.2, -0.15) is 0 Å². The van der Waals surface area contributed by atoms with Crippen LogP contribution in [0.1, 0.15) is 26.7 Å². The highest BCUT2D eigenvalue weighted by Crippen LogP contribution is 2.19. The molecule has 1 aliphatic rings. The van der Waals surface area contributed by atoms with Gasteiger partial charge in [-0.05, 0) is 37.0 Å². The number of piperidine rings is 1. The standard InChI is InChI=1S/C15H21N3O2/c1-11-5-4-8-18(10-11)15(20)17-14-7-3-6-13(9-14)16-12(2)19/h3,6-7,9,11H,4-5,8,10H2,1-2H3,(H,16,19)(H,17,20)/t11-/m0/s1. The van der Waals surface area contributed by atoms with Crippen molar-refractivity contribution < 1.29 is 9.59 Å². The Bertz CT molecular complexity index is 502. The first-order valence-electron chi connectivity index (χ1n) is 6.98. The number of nitrogens with one attached hydrogen (secondary N) is 2. The predicted molar refractivity (Wildman–Crippen MR) is 79.7 cm³/mol. The average molecular weight is 275 g/mol. The van der Waals surface area contributed by atoms with Crippen LogP contribution in [0.25, 0.3) is 0 Å². The van der Waals surface area contributed by atoms with Crippen molar-refractivity contribution in [3.63, 3.8) is 0 Å². The van der Waals surface area contributed by atoms with Gasteiger partial charge in [-0.3, -0.25) is 4.79 Å². The van der Waals surface area contributed by atoms with E-state index in [4.69, 9.17) is 0 Å². The molecule has 108 valence electrons. The molecule has 0 aromatic heterocycles. The number of urea groups is 1. The van der Waals surface area contributed by atoms with Crippen molar-refractivity contribution in [1.29, 1.82) is 0 Å². The minimum absolute atomic E-state index is 0.0727. The monoisotopic (exact) mass is 275 g/mol. The third-order valence-electron chi connectivity index (χ3n) is 3.38. The van der Waals surface area contributed by atoms with Gasteiger partial charge in [0.25, 0.3) is 0 Å². The smallest absolute Gasteiger partial charge is 0.321 e. The van der Waals surface area contributed by atoms with E-state index in [0.717, 1.165) is 19.5 Å². The average Bonchev–Trinajstić information content (AvgIpc) is 2.38. The van der Waals surface area contributed by atoms with Crippen LogP contribution >= 0.6 is 0 Å². The van der Waals surface area contributed by atoms with Crippen LogP contribution < -0.4 is 10.6 Å². The zero-order valence-corrected chi connectivity index (χ0v) is 12.0. The maximum Gasteiger partial charge on any atom is 0.321 e. The van der Waals surface area contributed by atoms with E-state index >= 15 is 0 Å². The number of rotatable bonds is 2. The minimum atomic E-state index is -0.127. The molecule has 5 nitrogen and oxygen atoms in total. The van der Waals surface area contributed by atoms with Crippen molar-refractivity contribution in [2.45, 2.75) is 26.7 Å². The molecule has 1 heterocycles. The SMILES string of the molecule is CC(=O)Nc1cccc(NC(=O)N2CCC[C@H](C)C2)c1. The molecule has 2 rings (SSSR count). The van der Waals surface area contributed by atoms with Crippen LogP contribution in [0.15, 0.2) is 24.3 Å². The molecule has 1 aromatic rings. The molecular weight excluding hydrogens is 254 g/mol. The summed E-state index contributed by atoms with van der Waals surface area (Å²) < 4.78 is 0. The van der Waals surface area contributed by atoms with Gasteiger partial charge in [0.05, 0.1) is 0 Å². The molecule has 0 aliphatic carbocycles. The van der Waals surface area contributed by atoms with E-state index in [9.17, 15) is 9.59 Å². The summed E-state index contributed by atoms with van der Waals surface area (Å²) in [6.07, 6.45) is 2.24. The van der Waals surface area contributed by atoms with Crippen molar-refractivity contribution in [2.24, 2.45) is 5.92 Å². The highest BCUT2D eigenvalue weighted by Gasteiger charge is 2.20. The van der Waals surface area contributed by atoms with E-state index in [1.54, 1.807) is 18.2 Å². The number of amides is 3. The maximum absolute atomic E-state index is 12.2. The van der Waals surface area contributed by atoms with Crippen LogP contribution in [0.5, 0.6) is 0 Å². The van der Waals surface area contributed by atoms with Crippen LogP contribution in [0.3, 0.4) is 0 Å². The lowest BCUT2D eigenvalue weighted by molar-refractivity contribution is -0.114. The lowest BCUT2D eigenvalue weighted by atomic mass is 10.0. The van der Waals surface area contributed by atoms with Gasteiger partial charge in [0.2, 0.25) is 5.91 Å². The highest BCUT2D eigenvalue weighted by molar-refractivity contribution is 5.92. The fraction of sp³-hybridized carbons (Fsp3) is 0.467. The van der Waals surface area contributed by atoms with Crippen LogP contribution in [-0.4, -0.2) is 29.9 Å². The van der Waals surface area contributed by atoms with Gasteiger partial charge in [0.15, 0.2) is 0 Å². The van der Waals surface area contributed by atoms with E-state index in [2.05, 4.69) is 17.6 Å². The first-order chi connectivity index (χ1) is 9.54. The Morgan fingerprint density at radius 1 is 1.25 bits per heavy atom. The molecule has 2 N–H and O–H groups in total. The molecule has 0 bridgehead atoms. The summed E-state index contributed by atoms with van der Waals surface area (Å²) in [5.74, 6) is 0.429. The van der Waals surface area contributed by atoms with E-state index in [1.807, 2.05) is 11.0 Å². The third kappa shape index (κ3) is 3.98. The predicted octanol–water partition coefficient (Wildman–Crippen LogP) is 2.91. The van der Waals surface area contributed by atoms with Gasteiger partial charge < -0.3 is 15.5 Å². The Labute approximate surface area is 119 Å². The van der Waals surface area contributed by atoms with Crippen LogP contribution in [-0.2, 0) is 4.79 Å². The Morgan fingerprint density at radius 3 is 2.60 bits per heavy atom. The topological polar surface area (TPSA) is 61.4 Å². The van der Waals surface area contributed by atoms with Crippen molar-refractivity contribution in [1.82, 2.24) is 4.90 Å². The van der Waals surface area contributed by atoms with Crippen molar-refractivity contribution in [2.75, 3.05) is 23.7 Å². The largest absolute Gasteiger partial charge is 0.326 e. The maximum atomic E-state index is 12.2. The summed E-state index contributed by atoms with van der Waals surface area (Å²) in [6, 6.07) is 7.10. The summed E-state index contributed by atoms with van der Waals surface area (Å²) in [5, 5.41) is 5.58. The molecule has 1 aliphatic heterocycles. The summed E-state index contributed by atoms with van der Waals surface area (Å²) in [7, 11) is 0. The molecule has 1 fully saturated rings. The Kier molecular flexibility index (Phi) is 4.61. The number of anilines is 2. The molecule has 1 aromatic carbocycles. The lowest BCUT2D eigenvalue weighted by Crippen LogP contribution is -2.41.